The molecule has 4 heterocycles. The average Bonchev–Trinajstić information content (AvgIpc) is 3.15. The van der Waals surface area contributed by atoms with Crippen LogP contribution in [0.1, 0.15) is 25.7 Å². The molecule has 0 unspecified atom stereocenters. The molecule has 1 aliphatic heterocycles. The molecule has 9 heteroatoms. The molecule has 4 rings (SSSR count). The number of imide groups is 1. The van der Waals surface area contributed by atoms with Gasteiger partial charge in [0.1, 0.15) is 5.75 Å². The summed E-state index contributed by atoms with van der Waals surface area (Å²) in [5.41, 5.74) is 2.65. The summed E-state index contributed by atoms with van der Waals surface area (Å²) in [7, 11) is 0. The molecule has 0 radical (unpaired) electrons. The first kappa shape index (κ1) is 21.1. The van der Waals surface area contributed by atoms with Crippen LogP contribution in [-0.4, -0.2) is 44.4 Å². The smallest absolute Gasteiger partial charge is 0.333 e. The van der Waals surface area contributed by atoms with Crippen molar-refractivity contribution in [2.24, 2.45) is 0 Å². The molecule has 9 nitrogen and oxygen atoms in total. The lowest BCUT2D eigenvalue weighted by Crippen LogP contribution is -2.32. The van der Waals surface area contributed by atoms with Gasteiger partial charge >= 0.3 is 5.97 Å². The van der Waals surface area contributed by atoms with Crippen LogP contribution in [-0.2, 0) is 19.2 Å². The molecule has 0 saturated carbocycles. The molecule has 32 heavy (non-hydrogen) atoms. The van der Waals surface area contributed by atoms with E-state index in [-0.39, 0.29) is 25.9 Å². The lowest BCUT2D eigenvalue weighted by Gasteiger charge is -2.13. The second kappa shape index (κ2) is 9.78. The Morgan fingerprint density at radius 1 is 0.875 bits per heavy atom. The lowest BCUT2D eigenvalue weighted by atomic mass is 10.2. The third kappa shape index (κ3) is 5.12. The lowest BCUT2D eigenvalue weighted by molar-refractivity contribution is -0.197. The third-order valence-electron chi connectivity index (χ3n) is 4.65. The normalized spacial score (nSPS) is 13.3. The maximum atomic E-state index is 11.9. The minimum Gasteiger partial charge on any atom is -0.493 e. The number of amides is 2. The molecular weight excluding hydrogens is 412 g/mol. The summed E-state index contributed by atoms with van der Waals surface area (Å²) in [6.07, 6.45) is 3.85. The zero-order chi connectivity index (χ0) is 22.3. The van der Waals surface area contributed by atoms with Crippen molar-refractivity contribution in [3.05, 3.63) is 60.9 Å². The maximum absolute atomic E-state index is 11.9. The molecular formula is C23H20N4O5. The van der Waals surface area contributed by atoms with E-state index in [2.05, 4.69) is 15.0 Å². The molecule has 0 atom stereocenters. The molecule has 0 bridgehead atoms. The van der Waals surface area contributed by atoms with Gasteiger partial charge in [0.15, 0.2) is 0 Å². The monoisotopic (exact) mass is 432 g/mol. The summed E-state index contributed by atoms with van der Waals surface area (Å²) < 4.78 is 5.84. The Morgan fingerprint density at radius 2 is 1.47 bits per heavy atom. The number of rotatable bonds is 8. The zero-order valence-corrected chi connectivity index (χ0v) is 17.1. The van der Waals surface area contributed by atoms with Crippen molar-refractivity contribution >= 4 is 17.8 Å². The molecule has 0 N–H and O–H groups in total. The fraction of sp³-hybridized carbons (Fsp3) is 0.217. The Morgan fingerprint density at radius 3 is 2.00 bits per heavy atom. The molecule has 162 valence electrons. The van der Waals surface area contributed by atoms with Gasteiger partial charge in [-0.3, -0.25) is 19.6 Å². The van der Waals surface area contributed by atoms with E-state index in [1.807, 2.05) is 36.4 Å². The van der Waals surface area contributed by atoms with E-state index in [1.54, 1.807) is 24.5 Å². The minimum atomic E-state index is -0.657. The van der Waals surface area contributed by atoms with E-state index in [4.69, 9.17) is 9.57 Å². The first-order valence-electron chi connectivity index (χ1n) is 10.1. The molecule has 1 aliphatic rings. The highest BCUT2D eigenvalue weighted by molar-refractivity contribution is 6.01. The molecule has 0 aliphatic carbocycles. The predicted molar refractivity (Wildman–Crippen MR) is 113 cm³/mol. The highest BCUT2D eigenvalue weighted by Crippen LogP contribution is 2.26. The summed E-state index contributed by atoms with van der Waals surface area (Å²) in [5, 5.41) is 0.546. The van der Waals surface area contributed by atoms with Crippen LogP contribution in [0.3, 0.4) is 0 Å². The summed E-state index contributed by atoms with van der Waals surface area (Å²) >= 11 is 0. The highest BCUT2D eigenvalue weighted by Gasteiger charge is 2.32. The molecule has 3 aromatic heterocycles. The first-order chi connectivity index (χ1) is 15.6. The number of nitrogens with zero attached hydrogens (tertiary/aromatic N) is 4. The van der Waals surface area contributed by atoms with Crippen molar-refractivity contribution in [2.45, 2.75) is 25.7 Å². The van der Waals surface area contributed by atoms with Gasteiger partial charge in [0.25, 0.3) is 11.8 Å². The zero-order valence-electron chi connectivity index (χ0n) is 17.1. The number of carbonyl (C=O) groups is 3. The van der Waals surface area contributed by atoms with E-state index in [9.17, 15) is 14.4 Å². The third-order valence-corrected chi connectivity index (χ3v) is 4.65. The van der Waals surface area contributed by atoms with Crippen LogP contribution in [0.4, 0.5) is 0 Å². The summed E-state index contributed by atoms with van der Waals surface area (Å²) in [6.45, 7) is 0.227. The second-order valence-corrected chi connectivity index (χ2v) is 7.00. The van der Waals surface area contributed by atoms with Crippen molar-refractivity contribution in [1.29, 1.82) is 0 Å². The van der Waals surface area contributed by atoms with E-state index >= 15 is 0 Å². The molecule has 1 saturated heterocycles. The Kier molecular flexibility index (Phi) is 6.45. The van der Waals surface area contributed by atoms with Gasteiger partial charge in [0.2, 0.25) is 0 Å². The van der Waals surface area contributed by atoms with E-state index in [1.165, 1.54) is 0 Å². The van der Waals surface area contributed by atoms with Crippen molar-refractivity contribution in [1.82, 2.24) is 20.0 Å². The van der Waals surface area contributed by atoms with Gasteiger partial charge in [-0.05, 0) is 30.7 Å². The average molecular weight is 432 g/mol. The summed E-state index contributed by atoms with van der Waals surface area (Å²) in [5.74, 6) is -1.10. The fourth-order valence-electron chi connectivity index (χ4n) is 3.09. The topological polar surface area (TPSA) is 112 Å². The minimum absolute atomic E-state index is 0.00232. The van der Waals surface area contributed by atoms with Crippen LogP contribution in [0.5, 0.6) is 5.75 Å². The maximum Gasteiger partial charge on any atom is 0.333 e. The van der Waals surface area contributed by atoms with Gasteiger partial charge in [-0.15, -0.1) is 5.06 Å². The van der Waals surface area contributed by atoms with Gasteiger partial charge in [-0.25, -0.2) is 9.78 Å². The van der Waals surface area contributed by atoms with Gasteiger partial charge in [0.05, 0.1) is 35.8 Å². The molecule has 3 aromatic rings. The Balaban J connectivity index is 1.41. The van der Waals surface area contributed by atoms with Crippen LogP contribution >= 0.6 is 0 Å². The van der Waals surface area contributed by atoms with Crippen molar-refractivity contribution in [3.63, 3.8) is 0 Å². The number of hydroxylamine groups is 2. The Bertz CT molecular complexity index is 1050. The van der Waals surface area contributed by atoms with Crippen LogP contribution in [0.25, 0.3) is 22.8 Å². The van der Waals surface area contributed by atoms with Crippen LogP contribution in [0.15, 0.2) is 60.9 Å². The van der Waals surface area contributed by atoms with E-state index < -0.39 is 17.8 Å². The summed E-state index contributed by atoms with van der Waals surface area (Å²) in [6, 6.07) is 14.6. The number of ether oxygens (including phenoxy) is 1. The Labute approximate surface area is 184 Å². The van der Waals surface area contributed by atoms with E-state index in [0.29, 0.717) is 40.0 Å². The van der Waals surface area contributed by atoms with E-state index in [0.717, 1.165) is 0 Å². The van der Waals surface area contributed by atoms with Crippen molar-refractivity contribution in [2.75, 3.05) is 6.61 Å². The fourth-order valence-corrected chi connectivity index (χ4v) is 3.09. The van der Waals surface area contributed by atoms with Crippen LogP contribution in [0, 0.1) is 0 Å². The van der Waals surface area contributed by atoms with Crippen LogP contribution in [0.2, 0.25) is 0 Å². The SMILES string of the molecule is O=C(CCCOc1cc(-c2ccccn2)nc(-c2ccccn2)c1)ON1C(=O)CCC1=O. The van der Waals surface area contributed by atoms with Gasteiger partial charge in [-0.2, -0.15) is 0 Å². The second-order valence-electron chi connectivity index (χ2n) is 7.00. The number of hydrogen-bond donors (Lipinski definition) is 0. The molecule has 0 spiro atoms. The van der Waals surface area contributed by atoms with Crippen LogP contribution < -0.4 is 4.74 Å². The number of hydrogen-bond acceptors (Lipinski definition) is 8. The standard InChI is InChI=1S/C23H20N4O5/c28-21-9-10-22(29)27(21)32-23(30)8-5-13-31-16-14-19(17-6-1-3-11-24-17)26-20(15-16)18-7-2-4-12-25-18/h1-4,6-7,11-12,14-15H,5,8-10,13H2. The Hall–Kier alpha value is -4.14. The quantitative estimate of drug-likeness (QED) is 0.395. The summed E-state index contributed by atoms with van der Waals surface area (Å²) in [4.78, 5) is 53.2. The van der Waals surface area contributed by atoms with Crippen molar-refractivity contribution < 1.29 is 24.0 Å². The number of aromatic nitrogens is 3. The molecule has 2 amide bonds. The number of carbonyl (C=O) groups excluding carboxylic acids is 3. The van der Waals surface area contributed by atoms with Crippen molar-refractivity contribution in [3.8, 4) is 28.5 Å². The molecule has 0 aromatic carbocycles. The van der Waals surface area contributed by atoms with Gasteiger partial charge in [0, 0.05) is 37.4 Å². The van der Waals surface area contributed by atoms with Gasteiger partial charge in [-0.1, -0.05) is 12.1 Å². The number of pyridine rings is 3. The van der Waals surface area contributed by atoms with Gasteiger partial charge < -0.3 is 9.57 Å². The highest BCUT2D eigenvalue weighted by atomic mass is 16.7. The molecule has 1 fully saturated rings. The predicted octanol–water partition coefficient (Wildman–Crippen LogP) is 2.97. The largest absolute Gasteiger partial charge is 0.493 e. The first-order valence-corrected chi connectivity index (χ1v) is 10.1.